The summed E-state index contributed by atoms with van der Waals surface area (Å²) in [6.07, 6.45) is 0. The lowest BCUT2D eigenvalue weighted by molar-refractivity contribution is -0.394. The molecule has 0 heterocycles. The van der Waals surface area contributed by atoms with Crippen LogP contribution in [0.3, 0.4) is 0 Å². The monoisotopic (exact) mass is 373 g/mol. The highest BCUT2D eigenvalue weighted by Crippen LogP contribution is 2.23. The Bertz CT molecular complexity index is 819. The van der Waals surface area contributed by atoms with Gasteiger partial charge in [-0.2, -0.15) is 0 Å². The summed E-state index contributed by atoms with van der Waals surface area (Å²) in [4.78, 5) is 32.8. The van der Waals surface area contributed by atoms with E-state index in [4.69, 9.17) is 4.74 Å². The third kappa shape index (κ3) is 5.86. The zero-order valence-electron chi connectivity index (χ0n) is 14.9. The summed E-state index contributed by atoms with van der Waals surface area (Å²) in [5.41, 5.74) is -1.01. The highest BCUT2D eigenvalue weighted by Gasteiger charge is 2.25. The molecule has 2 rings (SSSR count). The molecule has 0 aromatic heterocycles. The topological polar surface area (TPSA) is 125 Å². The molecule has 0 saturated heterocycles. The third-order valence-corrected chi connectivity index (χ3v) is 3.61. The van der Waals surface area contributed by atoms with Gasteiger partial charge in [-0.15, -0.1) is 0 Å². The normalized spacial score (nSPS) is 11.0. The van der Waals surface area contributed by atoms with E-state index in [1.807, 2.05) is 30.3 Å². The number of nitrogens with one attached hydrogen (secondary N) is 1. The summed E-state index contributed by atoms with van der Waals surface area (Å²) in [7, 11) is 0. The van der Waals surface area contributed by atoms with E-state index in [2.05, 4.69) is 5.32 Å². The fourth-order valence-electron chi connectivity index (χ4n) is 2.35. The van der Waals surface area contributed by atoms with Crippen molar-refractivity contribution in [2.24, 2.45) is 0 Å². The number of carbonyl (C=O) groups is 1. The van der Waals surface area contributed by atoms with Crippen LogP contribution in [0.15, 0.2) is 48.5 Å². The van der Waals surface area contributed by atoms with E-state index in [1.165, 1.54) is 0 Å². The Morgan fingerprint density at radius 2 is 1.59 bits per heavy atom. The summed E-state index contributed by atoms with van der Waals surface area (Å²) in [6, 6.07) is 12.3. The predicted octanol–water partition coefficient (Wildman–Crippen LogP) is 3.23. The number of non-ortho nitro benzene ring substituents is 2. The van der Waals surface area contributed by atoms with E-state index in [9.17, 15) is 25.0 Å². The SMILES string of the molecule is CC(C)(COCc1ccccc1)NC(=O)c1cc([N+](=O)[O-])cc([N+](=O)[O-])c1. The summed E-state index contributed by atoms with van der Waals surface area (Å²) in [5.74, 6) is -0.657. The number of benzene rings is 2. The van der Waals surface area contributed by atoms with Gasteiger partial charge < -0.3 is 10.1 Å². The molecule has 0 aliphatic carbocycles. The van der Waals surface area contributed by atoms with Crippen molar-refractivity contribution in [2.75, 3.05) is 6.61 Å². The van der Waals surface area contributed by atoms with Crippen LogP contribution >= 0.6 is 0 Å². The summed E-state index contributed by atoms with van der Waals surface area (Å²) >= 11 is 0. The summed E-state index contributed by atoms with van der Waals surface area (Å²) < 4.78 is 5.61. The molecule has 1 amide bonds. The molecule has 0 spiro atoms. The highest BCUT2D eigenvalue weighted by atomic mass is 16.6. The molecule has 0 aliphatic rings. The average Bonchev–Trinajstić information content (AvgIpc) is 2.61. The minimum Gasteiger partial charge on any atom is -0.374 e. The molecular weight excluding hydrogens is 354 g/mol. The van der Waals surface area contributed by atoms with Crippen LogP contribution in [0.1, 0.15) is 29.8 Å². The second kappa shape index (κ2) is 8.37. The third-order valence-electron chi connectivity index (χ3n) is 3.61. The van der Waals surface area contributed by atoms with Crippen LogP contribution in [-0.2, 0) is 11.3 Å². The van der Waals surface area contributed by atoms with Crippen molar-refractivity contribution >= 4 is 17.3 Å². The number of rotatable bonds is 8. The first-order valence-corrected chi connectivity index (χ1v) is 8.06. The Kier molecular flexibility index (Phi) is 6.19. The van der Waals surface area contributed by atoms with E-state index in [-0.39, 0.29) is 12.2 Å². The summed E-state index contributed by atoms with van der Waals surface area (Å²) in [5, 5.41) is 24.6. The Labute approximate surface area is 155 Å². The largest absolute Gasteiger partial charge is 0.374 e. The lowest BCUT2D eigenvalue weighted by atomic mass is 10.1. The number of nitrogens with zero attached hydrogens (tertiary/aromatic N) is 2. The molecule has 27 heavy (non-hydrogen) atoms. The first-order chi connectivity index (χ1) is 12.7. The fraction of sp³-hybridized carbons (Fsp3) is 0.278. The molecule has 142 valence electrons. The first-order valence-electron chi connectivity index (χ1n) is 8.06. The van der Waals surface area contributed by atoms with Crippen LogP contribution in [0.4, 0.5) is 11.4 Å². The van der Waals surface area contributed by atoms with Crippen molar-refractivity contribution < 1.29 is 19.4 Å². The molecular formula is C18H19N3O6. The quantitative estimate of drug-likeness (QED) is 0.559. The number of hydrogen-bond acceptors (Lipinski definition) is 6. The van der Waals surface area contributed by atoms with Crippen molar-refractivity contribution in [1.29, 1.82) is 0 Å². The molecule has 1 N–H and O–H groups in total. The van der Waals surface area contributed by atoms with Crippen LogP contribution in [-0.4, -0.2) is 27.9 Å². The number of hydrogen-bond donors (Lipinski definition) is 1. The predicted molar refractivity (Wildman–Crippen MR) is 97.4 cm³/mol. The number of nitro benzene ring substituents is 2. The standard InChI is InChI=1S/C18H19N3O6/c1-18(2,12-27-11-13-6-4-3-5-7-13)19-17(22)14-8-15(20(23)24)10-16(9-14)21(25)26/h3-10H,11-12H2,1-2H3,(H,19,22). The van der Waals surface area contributed by atoms with Crippen LogP contribution in [0.2, 0.25) is 0 Å². The second-order valence-electron chi connectivity index (χ2n) is 6.57. The molecule has 9 heteroatoms. The molecule has 0 saturated carbocycles. The van der Waals surface area contributed by atoms with Gasteiger partial charge in [-0.1, -0.05) is 30.3 Å². The van der Waals surface area contributed by atoms with E-state index in [0.717, 1.165) is 23.8 Å². The van der Waals surface area contributed by atoms with Gasteiger partial charge in [0, 0.05) is 12.1 Å². The van der Waals surface area contributed by atoms with Crippen molar-refractivity contribution in [3.8, 4) is 0 Å². The van der Waals surface area contributed by atoms with Gasteiger partial charge in [-0.3, -0.25) is 25.0 Å². The maximum atomic E-state index is 12.4. The van der Waals surface area contributed by atoms with E-state index >= 15 is 0 Å². The molecule has 9 nitrogen and oxygen atoms in total. The van der Waals surface area contributed by atoms with E-state index in [1.54, 1.807) is 13.8 Å². The lowest BCUT2D eigenvalue weighted by Gasteiger charge is -2.26. The zero-order chi connectivity index (χ0) is 20.0. The fourth-order valence-corrected chi connectivity index (χ4v) is 2.35. The van der Waals surface area contributed by atoms with Gasteiger partial charge in [0.1, 0.15) is 0 Å². The lowest BCUT2D eigenvalue weighted by Crippen LogP contribution is -2.47. The van der Waals surface area contributed by atoms with Gasteiger partial charge in [-0.25, -0.2) is 0 Å². The maximum absolute atomic E-state index is 12.4. The zero-order valence-corrected chi connectivity index (χ0v) is 14.9. The molecule has 0 aliphatic heterocycles. The van der Waals surface area contributed by atoms with Crippen LogP contribution in [0.5, 0.6) is 0 Å². The van der Waals surface area contributed by atoms with E-state index < -0.39 is 32.7 Å². The maximum Gasteiger partial charge on any atom is 0.277 e. The molecule has 0 atom stereocenters. The average molecular weight is 373 g/mol. The highest BCUT2D eigenvalue weighted by molar-refractivity contribution is 5.96. The van der Waals surface area contributed by atoms with Gasteiger partial charge in [-0.05, 0) is 19.4 Å². The van der Waals surface area contributed by atoms with Crippen molar-refractivity contribution in [2.45, 2.75) is 26.0 Å². The first kappa shape index (κ1) is 20.0. The van der Waals surface area contributed by atoms with Gasteiger partial charge in [0.15, 0.2) is 0 Å². The van der Waals surface area contributed by atoms with Crippen molar-refractivity contribution in [1.82, 2.24) is 5.32 Å². The van der Waals surface area contributed by atoms with Gasteiger partial charge in [0.05, 0.1) is 40.2 Å². The number of ether oxygens (including phenoxy) is 1. The number of carbonyl (C=O) groups excluding carboxylic acids is 1. The molecule has 0 fully saturated rings. The van der Waals surface area contributed by atoms with Crippen molar-refractivity contribution in [3.05, 3.63) is 79.9 Å². The molecule has 2 aromatic rings. The van der Waals surface area contributed by atoms with Crippen LogP contribution in [0.25, 0.3) is 0 Å². The minimum atomic E-state index is -0.786. The smallest absolute Gasteiger partial charge is 0.277 e. The molecule has 0 radical (unpaired) electrons. The van der Waals surface area contributed by atoms with Crippen LogP contribution < -0.4 is 5.32 Å². The minimum absolute atomic E-state index is 0.160. The Hall–Kier alpha value is -3.33. The molecule has 0 unspecified atom stereocenters. The van der Waals surface area contributed by atoms with Crippen LogP contribution in [0, 0.1) is 20.2 Å². The van der Waals surface area contributed by atoms with E-state index in [0.29, 0.717) is 6.61 Å². The van der Waals surface area contributed by atoms with Gasteiger partial charge >= 0.3 is 0 Å². The Balaban J connectivity index is 2.06. The second-order valence-corrected chi connectivity index (χ2v) is 6.57. The summed E-state index contributed by atoms with van der Waals surface area (Å²) in [6.45, 7) is 4.00. The van der Waals surface area contributed by atoms with Gasteiger partial charge in [0.2, 0.25) is 0 Å². The Morgan fingerprint density at radius 1 is 1.04 bits per heavy atom. The number of nitro groups is 2. The van der Waals surface area contributed by atoms with Gasteiger partial charge in [0.25, 0.3) is 17.3 Å². The molecule has 0 bridgehead atoms. The van der Waals surface area contributed by atoms with Crippen molar-refractivity contribution in [3.63, 3.8) is 0 Å². The molecule has 2 aromatic carbocycles. The Morgan fingerprint density at radius 3 is 2.11 bits per heavy atom. The number of amides is 1.